The van der Waals surface area contributed by atoms with Crippen LogP contribution in [0.2, 0.25) is 0 Å². The van der Waals surface area contributed by atoms with Gasteiger partial charge in [0.15, 0.2) is 5.78 Å². The number of Topliss-reactive ketones (excluding diaryl/α,β-unsaturated/α-hetero) is 1. The van der Waals surface area contributed by atoms with E-state index in [1.165, 1.54) is 17.3 Å². The van der Waals surface area contributed by atoms with Crippen LogP contribution in [0.1, 0.15) is 48.0 Å². The Labute approximate surface area is 174 Å². The number of carbonyl (C=O) groups excluding carboxylic acids is 2. The molecule has 1 atom stereocenters. The molecule has 1 unspecified atom stereocenters. The van der Waals surface area contributed by atoms with E-state index in [0.717, 1.165) is 0 Å². The second-order valence-corrected chi connectivity index (χ2v) is 7.60. The van der Waals surface area contributed by atoms with Gasteiger partial charge in [-0.1, -0.05) is 55.9 Å². The van der Waals surface area contributed by atoms with E-state index in [4.69, 9.17) is 4.42 Å². The molecule has 1 aromatic heterocycles. The first-order chi connectivity index (χ1) is 14.0. The number of aromatic nitrogens is 2. The minimum Gasteiger partial charge on any atom is -0.416 e. The van der Waals surface area contributed by atoms with Crippen LogP contribution in [-0.4, -0.2) is 27.6 Å². The van der Waals surface area contributed by atoms with Crippen molar-refractivity contribution in [2.45, 2.75) is 37.8 Å². The van der Waals surface area contributed by atoms with Gasteiger partial charge in [0.25, 0.3) is 5.22 Å². The van der Waals surface area contributed by atoms with Crippen molar-refractivity contribution >= 4 is 29.1 Å². The fraction of sp³-hybridized carbons (Fsp3) is 0.273. The smallest absolute Gasteiger partial charge is 0.277 e. The van der Waals surface area contributed by atoms with Crippen molar-refractivity contribution in [1.29, 1.82) is 0 Å². The molecule has 1 heterocycles. The highest BCUT2D eigenvalue weighted by Gasteiger charge is 2.14. The molecule has 1 N–H and O–H groups in total. The van der Waals surface area contributed by atoms with Gasteiger partial charge in [-0.15, -0.1) is 10.2 Å². The Morgan fingerprint density at radius 2 is 1.79 bits per heavy atom. The lowest BCUT2D eigenvalue weighted by atomic mass is 9.98. The highest BCUT2D eigenvalue weighted by atomic mass is 32.2. The highest BCUT2D eigenvalue weighted by molar-refractivity contribution is 7.99. The maximum atomic E-state index is 12.4. The van der Waals surface area contributed by atoms with Gasteiger partial charge >= 0.3 is 0 Å². The van der Waals surface area contributed by atoms with E-state index < -0.39 is 0 Å². The summed E-state index contributed by atoms with van der Waals surface area (Å²) in [5.74, 6) is 0.931. The molecule has 0 aliphatic rings. The van der Waals surface area contributed by atoms with Crippen molar-refractivity contribution in [1.82, 2.24) is 10.2 Å². The maximum Gasteiger partial charge on any atom is 0.277 e. The Kier molecular flexibility index (Phi) is 7.19. The summed E-state index contributed by atoms with van der Waals surface area (Å²) < 4.78 is 5.68. The monoisotopic (exact) mass is 409 g/mol. The summed E-state index contributed by atoms with van der Waals surface area (Å²) in [5.41, 5.74) is 2.47. The number of ketones is 1. The molecular formula is C22H23N3O3S. The molecule has 0 aliphatic heterocycles. The minimum absolute atomic E-state index is 0.0410. The number of rotatable bonds is 9. The van der Waals surface area contributed by atoms with Gasteiger partial charge in [-0.2, -0.15) is 0 Å². The summed E-state index contributed by atoms with van der Waals surface area (Å²) in [4.78, 5) is 23.8. The number of nitrogens with one attached hydrogen (secondary N) is 1. The first-order valence-electron chi connectivity index (χ1n) is 9.48. The maximum absolute atomic E-state index is 12.4. The number of amides is 1. The molecule has 0 saturated carbocycles. The molecule has 0 spiro atoms. The number of benzene rings is 2. The van der Waals surface area contributed by atoms with Crippen molar-refractivity contribution in [2.24, 2.45) is 0 Å². The van der Waals surface area contributed by atoms with Gasteiger partial charge in [0, 0.05) is 24.1 Å². The molecule has 29 heavy (non-hydrogen) atoms. The average molecular weight is 410 g/mol. The molecule has 0 bridgehead atoms. The zero-order valence-electron chi connectivity index (χ0n) is 16.4. The molecule has 3 aromatic rings. The van der Waals surface area contributed by atoms with Crippen LogP contribution < -0.4 is 5.32 Å². The number of hydrogen-bond donors (Lipinski definition) is 1. The number of carbonyl (C=O) groups is 2. The topological polar surface area (TPSA) is 85.1 Å². The number of anilines is 1. The van der Waals surface area contributed by atoms with Crippen LogP contribution in [0.3, 0.4) is 0 Å². The van der Waals surface area contributed by atoms with Crippen molar-refractivity contribution in [3.63, 3.8) is 0 Å². The van der Waals surface area contributed by atoms with Gasteiger partial charge in [-0.3, -0.25) is 9.59 Å². The Balaban J connectivity index is 1.51. The molecule has 3 rings (SSSR count). The Morgan fingerprint density at radius 3 is 2.48 bits per heavy atom. The standard InChI is InChI=1S/C22H23N3O3S/c1-3-20(27)23-18-11-9-17(10-12-18)19(26)14-29-22-25-24-21(28-22)13-15(2)16-7-5-4-6-8-16/h4-12,15H,3,13-14H2,1-2H3,(H,23,27). The van der Waals surface area contributed by atoms with Gasteiger partial charge in [-0.05, 0) is 35.7 Å². The summed E-state index contributed by atoms with van der Waals surface area (Å²) in [6.45, 7) is 3.90. The summed E-state index contributed by atoms with van der Waals surface area (Å²) in [5, 5.41) is 11.3. The second kappa shape index (κ2) is 10.0. The van der Waals surface area contributed by atoms with E-state index in [0.29, 0.717) is 35.2 Å². The second-order valence-electron chi connectivity index (χ2n) is 6.67. The van der Waals surface area contributed by atoms with Crippen LogP contribution in [0.5, 0.6) is 0 Å². The molecule has 0 radical (unpaired) electrons. The number of nitrogens with zero attached hydrogens (tertiary/aromatic N) is 2. The van der Waals surface area contributed by atoms with Crippen LogP contribution in [0.15, 0.2) is 64.2 Å². The molecule has 1 amide bonds. The summed E-state index contributed by atoms with van der Waals surface area (Å²) in [6.07, 6.45) is 1.06. The third-order valence-electron chi connectivity index (χ3n) is 4.44. The van der Waals surface area contributed by atoms with Crippen LogP contribution in [0.25, 0.3) is 0 Å². The summed E-state index contributed by atoms with van der Waals surface area (Å²) >= 11 is 1.23. The van der Waals surface area contributed by atoms with E-state index in [2.05, 4.69) is 34.6 Å². The summed E-state index contributed by atoms with van der Waals surface area (Å²) in [7, 11) is 0. The number of hydrogen-bond acceptors (Lipinski definition) is 6. The third-order valence-corrected chi connectivity index (χ3v) is 5.25. The lowest BCUT2D eigenvalue weighted by Crippen LogP contribution is -2.09. The van der Waals surface area contributed by atoms with Crippen molar-refractivity contribution in [3.8, 4) is 0 Å². The van der Waals surface area contributed by atoms with Crippen molar-refractivity contribution in [2.75, 3.05) is 11.1 Å². The normalized spacial score (nSPS) is 11.8. The van der Waals surface area contributed by atoms with E-state index in [9.17, 15) is 9.59 Å². The molecule has 6 nitrogen and oxygen atoms in total. The van der Waals surface area contributed by atoms with Gasteiger partial charge < -0.3 is 9.73 Å². The summed E-state index contributed by atoms with van der Waals surface area (Å²) in [6, 6.07) is 17.0. The molecule has 0 aliphatic carbocycles. The lowest BCUT2D eigenvalue weighted by Gasteiger charge is -2.08. The zero-order valence-corrected chi connectivity index (χ0v) is 17.2. The molecule has 2 aromatic carbocycles. The average Bonchev–Trinajstić information content (AvgIpc) is 3.20. The van der Waals surface area contributed by atoms with E-state index in [1.54, 1.807) is 31.2 Å². The van der Waals surface area contributed by atoms with E-state index in [1.807, 2.05) is 18.2 Å². The highest BCUT2D eigenvalue weighted by Crippen LogP contribution is 2.23. The SMILES string of the molecule is CCC(=O)Nc1ccc(C(=O)CSc2nnc(CC(C)c3ccccc3)o2)cc1. The van der Waals surface area contributed by atoms with E-state index >= 15 is 0 Å². The predicted octanol–water partition coefficient (Wildman–Crippen LogP) is 4.74. The van der Waals surface area contributed by atoms with Crippen LogP contribution in [-0.2, 0) is 11.2 Å². The van der Waals surface area contributed by atoms with Gasteiger partial charge in [0.1, 0.15) is 0 Å². The quantitative estimate of drug-likeness (QED) is 0.406. The lowest BCUT2D eigenvalue weighted by molar-refractivity contribution is -0.115. The van der Waals surface area contributed by atoms with Crippen molar-refractivity contribution in [3.05, 3.63) is 71.6 Å². The van der Waals surface area contributed by atoms with Crippen molar-refractivity contribution < 1.29 is 14.0 Å². The fourth-order valence-electron chi connectivity index (χ4n) is 2.74. The van der Waals surface area contributed by atoms with Gasteiger partial charge in [0.2, 0.25) is 11.8 Å². The molecule has 7 heteroatoms. The van der Waals surface area contributed by atoms with Gasteiger partial charge in [-0.25, -0.2) is 0 Å². The van der Waals surface area contributed by atoms with Crippen LogP contribution in [0, 0.1) is 0 Å². The largest absolute Gasteiger partial charge is 0.416 e. The third kappa shape index (κ3) is 6.02. The molecular weight excluding hydrogens is 386 g/mol. The minimum atomic E-state index is -0.0617. The zero-order chi connectivity index (χ0) is 20.6. The number of thioether (sulfide) groups is 1. The van der Waals surface area contributed by atoms with Crippen LogP contribution in [0.4, 0.5) is 5.69 Å². The van der Waals surface area contributed by atoms with E-state index in [-0.39, 0.29) is 23.4 Å². The fourth-order valence-corrected chi connectivity index (χ4v) is 3.41. The molecule has 150 valence electrons. The first kappa shape index (κ1) is 20.8. The Hall–Kier alpha value is -2.93. The van der Waals surface area contributed by atoms with Crippen LogP contribution >= 0.6 is 11.8 Å². The Morgan fingerprint density at radius 1 is 1.07 bits per heavy atom. The van der Waals surface area contributed by atoms with Gasteiger partial charge in [0.05, 0.1) is 5.75 Å². The predicted molar refractivity (Wildman–Crippen MR) is 113 cm³/mol. The molecule has 0 fully saturated rings. The molecule has 0 saturated heterocycles. The first-order valence-corrected chi connectivity index (χ1v) is 10.5. The Bertz CT molecular complexity index is 955.